The summed E-state index contributed by atoms with van der Waals surface area (Å²) in [6.45, 7) is 0. The summed E-state index contributed by atoms with van der Waals surface area (Å²) in [5, 5.41) is 0. The van der Waals surface area contributed by atoms with Gasteiger partial charge in [-0.15, -0.1) is 0 Å². The van der Waals surface area contributed by atoms with Crippen molar-refractivity contribution in [3.8, 4) is 0 Å². The van der Waals surface area contributed by atoms with Crippen LogP contribution < -0.4 is 11.5 Å². The van der Waals surface area contributed by atoms with Crippen molar-refractivity contribution in [2.75, 3.05) is 11.5 Å². The Hall–Kier alpha value is -2.04. The number of hydrogen-bond donors (Lipinski definition) is 2. The van der Waals surface area contributed by atoms with Gasteiger partial charge in [0, 0.05) is 31.0 Å². The molecular weight excluding hydrogens is 308 g/mol. The fourth-order valence-corrected chi connectivity index (χ4v) is 4.02. The van der Waals surface area contributed by atoms with Gasteiger partial charge in [0.1, 0.15) is 0 Å². The van der Waals surface area contributed by atoms with Gasteiger partial charge in [0.25, 0.3) is 0 Å². The quantitative estimate of drug-likeness (QED) is 0.651. The summed E-state index contributed by atoms with van der Waals surface area (Å²) < 4.78 is 0. The van der Waals surface area contributed by atoms with Crippen molar-refractivity contribution in [1.82, 2.24) is 0 Å². The number of rotatable bonds is 4. The number of anilines is 2. The van der Waals surface area contributed by atoms with E-state index in [1.807, 2.05) is 60.7 Å². The first-order valence-electron chi connectivity index (χ1n) is 6.88. The number of nitrogen functional groups attached to an aromatic ring is 2. The lowest BCUT2D eigenvalue weighted by molar-refractivity contribution is 1.24. The topological polar surface area (TPSA) is 52.0 Å². The molecule has 0 atom stereocenters. The molecule has 110 valence electrons. The Morgan fingerprint density at radius 3 is 1.14 bits per heavy atom. The molecule has 3 rings (SSSR count). The van der Waals surface area contributed by atoms with Gasteiger partial charge in [-0.3, -0.25) is 0 Å². The van der Waals surface area contributed by atoms with Crippen LogP contribution in [-0.2, 0) is 0 Å². The van der Waals surface area contributed by atoms with Gasteiger partial charge in [0.15, 0.2) is 0 Å². The molecule has 0 radical (unpaired) electrons. The maximum atomic E-state index is 6.05. The Bertz CT molecular complexity index is 721. The molecule has 0 saturated heterocycles. The lowest BCUT2D eigenvalue weighted by Crippen LogP contribution is -1.89. The lowest BCUT2D eigenvalue weighted by Gasteiger charge is -2.11. The fourth-order valence-electron chi connectivity index (χ4n) is 2.00. The van der Waals surface area contributed by atoms with Crippen LogP contribution in [0.2, 0.25) is 0 Å². The average Bonchev–Trinajstić information content (AvgIpc) is 2.53. The van der Waals surface area contributed by atoms with Crippen molar-refractivity contribution in [1.29, 1.82) is 0 Å². The number of nitrogens with two attached hydrogens (primary N) is 2. The van der Waals surface area contributed by atoms with Crippen molar-refractivity contribution in [2.45, 2.75) is 19.6 Å². The monoisotopic (exact) mass is 324 g/mol. The van der Waals surface area contributed by atoms with Crippen LogP contribution in [0.15, 0.2) is 92.4 Å². The smallest absolute Gasteiger partial charge is 0.0455 e. The zero-order valence-corrected chi connectivity index (χ0v) is 13.5. The first-order valence-corrected chi connectivity index (χ1v) is 8.51. The molecule has 0 fully saturated rings. The summed E-state index contributed by atoms with van der Waals surface area (Å²) in [5.41, 5.74) is 13.7. The predicted octanol–water partition coefficient (Wildman–Crippen LogP) is 5.15. The molecule has 3 aromatic carbocycles. The van der Waals surface area contributed by atoms with Crippen molar-refractivity contribution in [3.63, 3.8) is 0 Å². The van der Waals surface area contributed by atoms with Crippen LogP contribution >= 0.6 is 23.5 Å². The highest BCUT2D eigenvalue weighted by molar-refractivity contribution is 8.02. The lowest BCUT2D eigenvalue weighted by atomic mass is 10.3. The molecule has 0 aliphatic carbocycles. The Labute approximate surface area is 138 Å². The molecule has 0 unspecified atom stereocenters. The minimum Gasteiger partial charge on any atom is -0.398 e. The third kappa shape index (κ3) is 3.40. The molecule has 0 spiro atoms. The van der Waals surface area contributed by atoms with Gasteiger partial charge in [0.2, 0.25) is 0 Å². The van der Waals surface area contributed by atoms with Crippen LogP contribution in [-0.4, -0.2) is 0 Å². The van der Waals surface area contributed by atoms with Crippen LogP contribution in [0.4, 0.5) is 11.4 Å². The third-order valence-corrected chi connectivity index (χ3v) is 5.59. The summed E-state index contributed by atoms with van der Waals surface area (Å²) in [6, 6.07) is 24.1. The summed E-state index contributed by atoms with van der Waals surface area (Å²) >= 11 is 3.36. The molecule has 0 saturated carbocycles. The highest BCUT2D eigenvalue weighted by Crippen LogP contribution is 2.41. The van der Waals surface area contributed by atoms with E-state index in [0.717, 1.165) is 21.2 Å². The zero-order chi connectivity index (χ0) is 15.4. The first-order chi connectivity index (χ1) is 10.7. The van der Waals surface area contributed by atoms with E-state index in [9.17, 15) is 0 Å². The van der Waals surface area contributed by atoms with E-state index in [2.05, 4.69) is 12.1 Å². The van der Waals surface area contributed by atoms with E-state index >= 15 is 0 Å². The standard InChI is InChI=1S/C18H16N2S2/c19-13-7-1-3-9-15(13)21-17-11-5-6-12-18(17)22-16-10-4-2-8-14(16)20/h1-12H,19-20H2. The van der Waals surface area contributed by atoms with Crippen LogP contribution in [0.1, 0.15) is 0 Å². The third-order valence-electron chi connectivity index (χ3n) is 3.13. The molecule has 3 aromatic rings. The van der Waals surface area contributed by atoms with Gasteiger partial charge in [-0.2, -0.15) is 0 Å². The fraction of sp³-hybridized carbons (Fsp3) is 0. The summed E-state index contributed by atoms with van der Waals surface area (Å²) in [6.07, 6.45) is 0. The zero-order valence-electron chi connectivity index (χ0n) is 11.9. The predicted molar refractivity (Wildman–Crippen MR) is 96.4 cm³/mol. The van der Waals surface area contributed by atoms with E-state index in [1.165, 1.54) is 9.79 Å². The van der Waals surface area contributed by atoms with Crippen molar-refractivity contribution < 1.29 is 0 Å². The highest BCUT2D eigenvalue weighted by atomic mass is 32.2. The van der Waals surface area contributed by atoms with E-state index in [0.29, 0.717) is 0 Å². The summed E-state index contributed by atoms with van der Waals surface area (Å²) in [5.74, 6) is 0. The maximum absolute atomic E-state index is 6.05. The van der Waals surface area contributed by atoms with Crippen LogP contribution in [0.25, 0.3) is 0 Å². The van der Waals surface area contributed by atoms with E-state index < -0.39 is 0 Å². The average molecular weight is 324 g/mol. The van der Waals surface area contributed by atoms with Crippen molar-refractivity contribution >= 4 is 34.9 Å². The van der Waals surface area contributed by atoms with Gasteiger partial charge in [-0.1, -0.05) is 59.9 Å². The summed E-state index contributed by atoms with van der Waals surface area (Å²) in [4.78, 5) is 4.48. The van der Waals surface area contributed by atoms with Crippen molar-refractivity contribution in [2.24, 2.45) is 0 Å². The minimum atomic E-state index is 0.798. The second-order valence-electron chi connectivity index (χ2n) is 4.73. The molecule has 0 amide bonds. The number of benzene rings is 3. The van der Waals surface area contributed by atoms with Crippen LogP contribution in [0.3, 0.4) is 0 Å². The van der Waals surface area contributed by atoms with Gasteiger partial charge in [-0.25, -0.2) is 0 Å². The molecule has 2 nitrogen and oxygen atoms in total. The molecule has 0 heterocycles. The largest absolute Gasteiger partial charge is 0.398 e. The Kier molecular flexibility index (Phi) is 4.61. The maximum Gasteiger partial charge on any atom is 0.0455 e. The first kappa shape index (κ1) is 14.9. The minimum absolute atomic E-state index is 0.798. The number of para-hydroxylation sites is 2. The van der Waals surface area contributed by atoms with Gasteiger partial charge < -0.3 is 11.5 Å². The van der Waals surface area contributed by atoms with E-state index in [-0.39, 0.29) is 0 Å². The van der Waals surface area contributed by atoms with Crippen molar-refractivity contribution in [3.05, 3.63) is 72.8 Å². The Morgan fingerprint density at radius 2 is 0.773 bits per heavy atom. The molecule has 0 bridgehead atoms. The van der Waals surface area contributed by atoms with Gasteiger partial charge in [-0.05, 0) is 36.4 Å². The highest BCUT2D eigenvalue weighted by Gasteiger charge is 2.09. The molecule has 4 heteroatoms. The molecule has 0 aliphatic heterocycles. The normalized spacial score (nSPS) is 10.5. The molecule has 0 aliphatic rings. The second-order valence-corrected chi connectivity index (χ2v) is 6.89. The Balaban J connectivity index is 1.91. The van der Waals surface area contributed by atoms with Crippen LogP contribution in [0, 0.1) is 0 Å². The molecule has 0 aromatic heterocycles. The van der Waals surface area contributed by atoms with E-state index in [1.54, 1.807) is 23.5 Å². The van der Waals surface area contributed by atoms with Gasteiger partial charge >= 0.3 is 0 Å². The van der Waals surface area contributed by atoms with Gasteiger partial charge in [0.05, 0.1) is 0 Å². The number of hydrogen-bond acceptors (Lipinski definition) is 4. The molecular formula is C18H16N2S2. The summed E-state index contributed by atoms with van der Waals surface area (Å²) in [7, 11) is 0. The molecule has 22 heavy (non-hydrogen) atoms. The Morgan fingerprint density at radius 1 is 0.455 bits per heavy atom. The molecule has 4 N–H and O–H groups in total. The van der Waals surface area contributed by atoms with E-state index in [4.69, 9.17) is 11.5 Å². The second kappa shape index (κ2) is 6.81. The SMILES string of the molecule is Nc1ccccc1Sc1ccccc1Sc1ccccc1N. The van der Waals surface area contributed by atoms with Crippen LogP contribution in [0.5, 0.6) is 0 Å².